The summed E-state index contributed by atoms with van der Waals surface area (Å²) in [7, 11) is 0. The van der Waals surface area contributed by atoms with E-state index in [9.17, 15) is 0 Å². The van der Waals surface area contributed by atoms with E-state index in [4.69, 9.17) is 16.3 Å². The number of nitrogens with one attached hydrogen (secondary N) is 1. The van der Waals surface area contributed by atoms with Gasteiger partial charge in [-0.15, -0.1) is 12.4 Å². The van der Waals surface area contributed by atoms with Crippen LogP contribution in [-0.4, -0.2) is 19.7 Å². The maximum Gasteiger partial charge on any atom is 0.152 e. The molecular weight excluding hydrogens is 313 g/mol. The fraction of sp³-hybridized carbons (Fsp3) is 0.455. The van der Waals surface area contributed by atoms with E-state index in [1.54, 1.807) is 0 Å². The quantitative estimate of drug-likeness (QED) is 0.830. The Hall–Kier alpha value is 0.0400. The number of halogens is 3. The number of ether oxygens (including phenoxy) is 1. The molecule has 0 unspecified atom stereocenters. The largest absolute Gasteiger partial charge is 0.490 e. The van der Waals surface area contributed by atoms with Crippen molar-refractivity contribution in [2.24, 2.45) is 0 Å². The summed E-state index contributed by atoms with van der Waals surface area (Å²) in [5.74, 6) is 0.722. The van der Waals surface area contributed by atoms with Crippen LogP contribution in [0.3, 0.4) is 0 Å². The fourth-order valence-corrected chi connectivity index (χ4v) is 2.36. The maximum absolute atomic E-state index is 6.07. The van der Waals surface area contributed by atoms with Gasteiger partial charge in [-0.2, -0.15) is 0 Å². The molecule has 0 aliphatic heterocycles. The molecule has 0 amide bonds. The highest BCUT2D eigenvalue weighted by Crippen LogP contribution is 2.34. The molecule has 0 atom stereocenters. The van der Waals surface area contributed by atoms with Gasteiger partial charge < -0.3 is 10.1 Å². The standard InChI is InChI=1S/C11H15BrClNO.ClH/c1-3-14-4-5-15-11-9(12)6-8(2)7-10(11)13;/h6-7,14H,3-5H2,1-2H3;1H. The van der Waals surface area contributed by atoms with E-state index in [-0.39, 0.29) is 12.4 Å². The maximum atomic E-state index is 6.07. The summed E-state index contributed by atoms with van der Waals surface area (Å²) in [4.78, 5) is 0. The van der Waals surface area contributed by atoms with E-state index in [0.29, 0.717) is 11.6 Å². The lowest BCUT2D eigenvalue weighted by molar-refractivity contribution is 0.313. The van der Waals surface area contributed by atoms with E-state index < -0.39 is 0 Å². The van der Waals surface area contributed by atoms with Crippen molar-refractivity contribution in [3.8, 4) is 5.75 Å². The molecule has 0 aliphatic rings. The Morgan fingerprint density at radius 1 is 1.44 bits per heavy atom. The van der Waals surface area contributed by atoms with E-state index >= 15 is 0 Å². The van der Waals surface area contributed by atoms with Gasteiger partial charge in [0, 0.05) is 6.54 Å². The minimum absolute atomic E-state index is 0. The van der Waals surface area contributed by atoms with Crippen LogP contribution in [0.5, 0.6) is 5.75 Å². The van der Waals surface area contributed by atoms with Gasteiger partial charge in [-0.1, -0.05) is 18.5 Å². The number of likely N-dealkylation sites (N-methyl/N-ethyl adjacent to an activating group) is 1. The Labute approximate surface area is 116 Å². The van der Waals surface area contributed by atoms with Gasteiger partial charge in [0.2, 0.25) is 0 Å². The topological polar surface area (TPSA) is 21.3 Å². The van der Waals surface area contributed by atoms with Crippen molar-refractivity contribution >= 4 is 39.9 Å². The van der Waals surface area contributed by atoms with Crippen molar-refractivity contribution in [1.82, 2.24) is 5.32 Å². The Balaban J connectivity index is 0.00000225. The van der Waals surface area contributed by atoms with E-state index in [1.165, 1.54) is 0 Å². The summed E-state index contributed by atoms with van der Waals surface area (Å²) >= 11 is 9.51. The highest BCUT2D eigenvalue weighted by Gasteiger charge is 2.07. The predicted molar refractivity (Wildman–Crippen MR) is 75.2 cm³/mol. The summed E-state index contributed by atoms with van der Waals surface area (Å²) in [6, 6.07) is 3.89. The normalized spacial score (nSPS) is 9.75. The number of hydrogen-bond donors (Lipinski definition) is 1. The second-order valence-corrected chi connectivity index (χ2v) is 4.52. The molecule has 1 aromatic carbocycles. The molecule has 0 spiro atoms. The zero-order chi connectivity index (χ0) is 11.3. The lowest BCUT2D eigenvalue weighted by atomic mass is 10.2. The summed E-state index contributed by atoms with van der Waals surface area (Å²) in [6.07, 6.45) is 0. The second-order valence-electron chi connectivity index (χ2n) is 3.26. The van der Waals surface area contributed by atoms with Gasteiger partial charge in [-0.3, -0.25) is 0 Å². The van der Waals surface area contributed by atoms with Gasteiger partial charge in [0.05, 0.1) is 9.50 Å². The molecule has 0 bridgehead atoms. The number of benzene rings is 1. The van der Waals surface area contributed by atoms with Gasteiger partial charge in [0.1, 0.15) is 6.61 Å². The Bertz CT molecular complexity index is 311. The molecule has 1 aromatic rings. The molecule has 0 heterocycles. The zero-order valence-electron chi connectivity index (χ0n) is 9.35. The molecule has 0 aromatic heterocycles. The summed E-state index contributed by atoms with van der Waals surface area (Å²) < 4.78 is 6.49. The number of hydrogen-bond acceptors (Lipinski definition) is 2. The lowest BCUT2D eigenvalue weighted by Gasteiger charge is -2.11. The van der Waals surface area contributed by atoms with Gasteiger partial charge in [0.25, 0.3) is 0 Å². The first kappa shape index (κ1) is 16.0. The van der Waals surface area contributed by atoms with Crippen LogP contribution >= 0.6 is 39.9 Å². The van der Waals surface area contributed by atoms with Gasteiger partial charge in [-0.25, -0.2) is 0 Å². The fourth-order valence-electron chi connectivity index (χ4n) is 1.23. The van der Waals surface area contributed by atoms with E-state index in [0.717, 1.165) is 28.9 Å². The molecule has 0 fully saturated rings. The number of aryl methyl sites for hydroxylation is 1. The van der Waals surface area contributed by atoms with Crippen molar-refractivity contribution in [2.45, 2.75) is 13.8 Å². The smallest absolute Gasteiger partial charge is 0.152 e. The van der Waals surface area contributed by atoms with Crippen LogP contribution in [0.4, 0.5) is 0 Å². The second kappa shape index (κ2) is 8.18. The van der Waals surface area contributed by atoms with Crippen molar-refractivity contribution in [1.29, 1.82) is 0 Å². The van der Waals surface area contributed by atoms with Crippen LogP contribution < -0.4 is 10.1 Å². The molecular formula is C11H16BrCl2NO. The van der Waals surface area contributed by atoms with Crippen LogP contribution in [-0.2, 0) is 0 Å². The minimum atomic E-state index is 0. The molecule has 1 N–H and O–H groups in total. The lowest BCUT2D eigenvalue weighted by Crippen LogP contribution is -2.20. The molecule has 16 heavy (non-hydrogen) atoms. The predicted octanol–water partition coefficient (Wildman–Crippen LogP) is 3.82. The summed E-state index contributed by atoms with van der Waals surface area (Å²) in [5, 5.41) is 3.84. The summed E-state index contributed by atoms with van der Waals surface area (Å²) in [6.45, 7) is 6.46. The van der Waals surface area contributed by atoms with Crippen molar-refractivity contribution in [3.63, 3.8) is 0 Å². The van der Waals surface area contributed by atoms with Crippen molar-refractivity contribution in [2.75, 3.05) is 19.7 Å². The Morgan fingerprint density at radius 3 is 2.69 bits per heavy atom. The third kappa shape index (κ3) is 4.91. The monoisotopic (exact) mass is 327 g/mol. The first-order valence-electron chi connectivity index (χ1n) is 4.94. The Kier molecular flexibility index (Phi) is 8.20. The number of rotatable bonds is 5. The molecule has 1 rings (SSSR count). The van der Waals surface area contributed by atoms with Crippen LogP contribution in [0, 0.1) is 6.92 Å². The molecule has 0 saturated heterocycles. The molecule has 92 valence electrons. The SMILES string of the molecule is CCNCCOc1c(Cl)cc(C)cc1Br.Cl. The van der Waals surface area contributed by atoms with Crippen molar-refractivity contribution < 1.29 is 4.74 Å². The first-order chi connectivity index (χ1) is 7.15. The highest BCUT2D eigenvalue weighted by atomic mass is 79.9. The third-order valence-electron chi connectivity index (χ3n) is 1.92. The first-order valence-corrected chi connectivity index (χ1v) is 6.11. The average Bonchev–Trinajstić information content (AvgIpc) is 2.15. The van der Waals surface area contributed by atoms with Crippen LogP contribution in [0.15, 0.2) is 16.6 Å². The Morgan fingerprint density at radius 2 is 2.12 bits per heavy atom. The highest BCUT2D eigenvalue weighted by molar-refractivity contribution is 9.10. The van der Waals surface area contributed by atoms with Gasteiger partial charge in [0.15, 0.2) is 5.75 Å². The molecule has 2 nitrogen and oxygen atoms in total. The minimum Gasteiger partial charge on any atom is -0.490 e. The van der Waals surface area contributed by atoms with E-state index in [1.807, 2.05) is 19.1 Å². The molecule has 0 saturated carbocycles. The molecule has 0 aliphatic carbocycles. The summed E-state index contributed by atoms with van der Waals surface area (Å²) in [5.41, 5.74) is 1.12. The van der Waals surface area contributed by atoms with E-state index in [2.05, 4.69) is 28.2 Å². The van der Waals surface area contributed by atoms with Crippen LogP contribution in [0.25, 0.3) is 0 Å². The zero-order valence-corrected chi connectivity index (χ0v) is 12.5. The van der Waals surface area contributed by atoms with Crippen molar-refractivity contribution in [3.05, 3.63) is 27.2 Å². The molecule has 0 radical (unpaired) electrons. The molecule has 5 heteroatoms. The van der Waals surface area contributed by atoms with Gasteiger partial charge in [-0.05, 0) is 47.1 Å². The van der Waals surface area contributed by atoms with Crippen LogP contribution in [0.2, 0.25) is 5.02 Å². The third-order valence-corrected chi connectivity index (χ3v) is 2.79. The average molecular weight is 329 g/mol. The van der Waals surface area contributed by atoms with Gasteiger partial charge >= 0.3 is 0 Å². The van der Waals surface area contributed by atoms with Crippen LogP contribution in [0.1, 0.15) is 12.5 Å².